The number of halogens is 1. The molecule has 0 spiro atoms. The van der Waals surface area contributed by atoms with Gasteiger partial charge < -0.3 is 10.6 Å². The molecule has 0 aliphatic heterocycles. The zero-order valence-corrected chi connectivity index (χ0v) is 12.3. The summed E-state index contributed by atoms with van der Waals surface area (Å²) in [7, 11) is 0. The first-order valence-corrected chi connectivity index (χ1v) is 7.03. The van der Waals surface area contributed by atoms with Gasteiger partial charge in [0, 0.05) is 12.6 Å². The van der Waals surface area contributed by atoms with Crippen molar-refractivity contribution < 1.29 is 0 Å². The van der Waals surface area contributed by atoms with Crippen LogP contribution in [0.5, 0.6) is 0 Å². The van der Waals surface area contributed by atoms with Gasteiger partial charge in [0.2, 0.25) is 0 Å². The Bertz CT molecular complexity index is 339. The smallest absolute Gasteiger partial charge is 0.146 e. The highest BCUT2D eigenvalue weighted by atomic mass is 79.9. The van der Waals surface area contributed by atoms with Crippen LogP contribution in [-0.4, -0.2) is 22.6 Å². The molecule has 0 aliphatic carbocycles. The van der Waals surface area contributed by atoms with Crippen LogP contribution in [0.2, 0.25) is 0 Å². The number of rotatable bonds is 7. The zero-order valence-electron chi connectivity index (χ0n) is 10.8. The van der Waals surface area contributed by atoms with E-state index in [9.17, 15) is 0 Å². The number of hydrogen-bond acceptors (Lipinski definition) is 4. The maximum Gasteiger partial charge on any atom is 0.146 e. The lowest BCUT2D eigenvalue weighted by atomic mass is 10.2. The number of nitrogens with one attached hydrogen (secondary N) is 2. The third-order valence-electron chi connectivity index (χ3n) is 2.66. The second-order valence-electron chi connectivity index (χ2n) is 3.97. The first-order chi connectivity index (χ1) is 8.22. The maximum absolute atomic E-state index is 4.27. The van der Waals surface area contributed by atoms with E-state index < -0.39 is 0 Å². The highest BCUT2D eigenvalue weighted by Gasteiger charge is 2.11. The van der Waals surface area contributed by atoms with Crippen molar-refractivity contribution in [2.75, 3.05) is 17.2 Å². The Hall–Kier alpha value is -0.840. The van der Waals surface area contributed by atoms with Crippen LogP contribution >= 0.6 is 15.9 Å². The van der Waals surface area contributed by atoms with E-state index >= 15 is 0 Å². The van der Waals surface area contributed by atoms with Gasteiger partial charge in [-0.05, 0) is 35.2 Å². The van der Waals surface area contributed by atoms with Gasteiger partial charge in [-0.3, -0.25) is 0 Å². The molecule has 0 aromatic carbocycles. The van der Waals surface area contributed by atoms with Gasteiger partial charge in [-0.15, -0.1) is 0 Å². The summed E-state index contributed by atoms with van der Waals surface area (Å²) in [6, 6.07) is 0.459. The molecule has 1 aromatic heterocycles. The largest absolute Gasteiger partial charge is 0.369 e. The highest BCUT2D eigenvalue weighted by Crippen LogP contribution is 2.27. The van der Waals surface area contributed by atoms with Crippen molar-refractivity contribution in [3.63, 3.8) is 0 Å². The van der Waals surface area contributed by atoms with Crippen molar-refractivity contribution >= 4 is 27.6 Å². The van der Waals surface area contributed by atoms with Gasteiger partial charge >= 0.3 is 0 Å². The fourth-order valence-corrected chi connectivity index (χ4v) is 1.98. The number of nitrogens with zero attached hydrogens (tertiary/aromatic N) is 2. The van der Waals surface area contributed by atoms with Crippen LogP contribution in [0.3, 0.4) is 0 Å². The quantitative estimate of drug-likeness (QED) is 0.807. The molecular formula is C12H21BrN4. The van der Waals surface area contributed by atoms with Gasteiger partial charge in [-0.25, -0.2) is 9.97 Å². The van der Waals surface area contributed by atoms with Crippen LogP contribution in [0.4, 0.5) is 11.6 Å². The fraction of sp³-hybridized carbons (Fsp3) is 0.667. The molecule has 1 heterocycles. The van der Waals surface area contributed by atoms with Gasteiger partial charge in [0.05, 0.1) is 0 Å². The van der Waals surface area contributed by atoms with E-state index in [1.165, 1.54) is 0 Å². The van der Waals surface area contributed by atoms with Gasteiger partial charge in [0.25, 0.3) is 0 Å². The van der Waals surface area contributed by atoms with Crippen LogP contribution in [0.15, 0.2) is 10.8 Å². The second kappa shape index (κ2) is 7.48. The molecule has 0 unspecified atom stereocenters. The van der Waals surface area contributed by atoms with Crippen molar-refractivity contribution in [1.82, 2.24) is 9.97 Å². The molecule has 0 radical (unpaired) electrons. The topological polar surface area (TPSA) is 49.8 Å². The molecule has 1 aromatic rings. The molecule has 96 valence electrons. The first kappa shape index (κ1) is 14.2. The average Bonchev–Trinajstić information content (AvgIpc) is 2.36. The first-order valence-electron chi connectivity index (χ1n) is 6.23. The summed E-state index contributed by atoms with van der Waals surface area (Å²) in [5, 5.41) is 6.70. The molecule has 0 aliphatic rings. The van der Waals surface area contributed by atoms with Crippen LogP contribution in [0.25, 0.3) is 0 Å². The van der Waals surface area contributed by atoms with E-state index in [-0.39, 0.29) is 0 Å². The molecule has 0 saturated carbocycles. The molecule has 0 bridgehead atoms. The van der Waals surface area contributed by atoms with Crippen molar-refractivity contribution in [2.24, 2.45) is 0 Å². The normalized spacial score (nSPS) is 10.6. The summed E-state index contributed by atoms with van der Waals surface area (Å²) < 4.78 is 0.917. The highest BCUT2D eigenvalue weighted by molar-refractivity contribution is 9.10. The lowest BCUT2D eigenvalue weighted by Gasteiger charge is -2.17. The molecule has 2 N–H and O–H groups in total. The van der Waals surface area contributed by atoms with E-state index in [1.54, 1.807) is 6.33 Å². The summed E-state index contributed by atoms with van der Waals surface area (Å²) in [6.07, 6.45) is 4.84. The second-order valence-corrected chi connectivity index (χ2v) is 4.76. The molecule has 17 heavy (non-hydrogen) atoms. The Morgan fingerprint density at radius 3 is 2.41 bits per heavy atom. The minimum atomic E-state index is 0.459. The molecule has 0 fully saturated rings. The van der Waals surface area contributed by atoms with Gasteiger partial charge in [-0.2, -0.15) is 0 Å². The van der Waals surface area contributed by atoms with Crippen LogP contribution in [-0.2, 0) is 0 Å². The summed E-state index contributed by atoms with van der Waals surface area (Å²) in [4.78, 5) is 8.50. The Balaban J connectivity index is 2.78. The van der Waals surface area contributed by atoms with Gasteiger partial charge in [-0.1, -0.05) is 20.8 Å². The predicted molar refractivity (Wildman–Crippen MR) is 76.5 cm³/mol. The molecule has 0 amide bonds. The maximum atomic E-state index is 4.27. The Kier molecular flexibility index (Phi) is 6.26. The third kappa shape index (κ3) is 4.15. The monoisotopic (exact) mass is 300 g/mol. The van der Waals surface area contributed by atoms with E-state index in [1.807, 2.05) is 0 Å². The van der Waals surface area contributed by atoms with Crippen molar-refractivity contribution in [3.8, 4) is 0 Å². The molecular weight excluding hydrogens is 280 g/mol. The van der Waals surface area contributed by atoms with E-state index in [0.717, 1.165) is 41.9 Å². The van der Waals surface area contributed by atoms with Crippen molar-refractivity contribution in [1.29, 1.82) is 0 Å². The lowest BCUT2D eigenvalue weighted by Crippen LogP contribution is -2.18. The number of anilines is 2. The lowest BCUT2D eigenvalue weighted by molar-refractivity contribution is 0.667. The van der Waals surface area contributed by atoms with Gasteiger partial charge in [0.1, 0.15) is 22.4 Å². The van der Waals surface area contributed by atoms with Crippen LogP contribution < -0.4 is 10.6 Å². The van der Waals surface area contributed by atoms with Crippen molar-refractivity contribution in [3.05, 3.63) is 10.8 Å². The summed E-state index contributed by atoms with van der Waals surface area (Å²) in [5.41, 5.74) is 0. The Morgan fingerprint density at radius 1 is 1.18 bits per heavy atom. The van der Waals surface area contributed by atoms with E-state index in [4.69, 9.17) is 0 Å². The van der Waals surface area contributed by atoms with Crippen LogP contribution in [0.1, 0.15) is 40.0 Å². The standard InChI is InChI=1S/C12H21BrN4/c1-4-7-14-11-10(13)12(16-8-15-11)17-9(5-2)6-3/h8-9H,4-7H2,1-3H3,(H2,14,15,16,17). The minimum Gasteiger partial charge on any atom is -0.369 e. The van der Waals surface area contributed by atoms with E-state index in [2.05, 4.69) is 57.3 Å². The number of aromatic nitrogens is 2. The predicted octanol–water partition coefficient (Wildman–Crippen LogP) is 3.66. The molecule has 0 saturated heterocycles. The molecule has 1 rings (SSSR count). The molecule has 5 heteroatoms. The zero-order chi connectivity index (χ0) is 12.7. The third-order valence-corrected chi connectivity index (χ3v) is 3.41. The van der Waals surface area contributed by atoms with Crippen LogP contribution in [0, 0.1) is 0 Å². The SMILES string of the molecule is CCCNc1ncnc(NC(CC)CC)c1Br. The van der Waals surface area contributed by atoms with Crippen molar-refractivity contribution in [2.45, 2.75) is 46.1 Å². The summed E-state index contributed by atoms with van der Waals surface area (Å²) in [6.45, 7) is 7.39. The molecule has 4 nitrogen and oxygen atoms in total. The average molecular weight is 301 g/mol. The Morgan fingerprint density at radius 2 is 1.82 bits per heavy atom. The van der Waals surface area contributed by atoms with Gasteiger partial charge in [0.15, 0.2) is 0 Å². The van der Waals surface area contributed by atoms with E-state index in [0.29, 0.717) is 6.04 Å². The Labute approximate surface area is 112 Å². The summed E-state index contributed by atoms with van der Waals surface area (Å²) >= 11 is 3.55. The number of hydrogen-bond donors (Lipinski definition) is 2. The molecule has 0 atom stereocenters. The fourth-order valence-electron chi connectivity index (χ4n) is 1.52. The minimum absolute atomic E-state index is 0.459. The summed E-state index contributed by atoms with van der Waals surface area (Å²) in [5.74, 6) is 1.72.